The highest BCUT2D eigenvalue weighted by atomic mass is 16.1. The molecule has 92 valence electrons. The van der Waals surface area contributed by atoms with Crippen molar-refractivity contribution < 1.29 is 4.79 Å². The van der Waals surface area contributed by atoms with Crippen molar-refractivity contribution in [2.24, 2.45) is 11.7 Å². The Morgan fingerprint density at radius 1 is 1.47 bits per heavy atom. The van der Waals surface area contributed by atoms with Crippen molar-refractivity contribution >= 4 is 17.4 Å². The van der Waals surface area contributed by atoms with Crippen LogP contribution in [0.3, 0.4) is 0 Å². The van der Waals surface area contributed by atoms with Gasteiger partial charge in [0.25, 0.3) is 0 Å². The zero-order valence-corrected chi connectivity index (χ0v) is 10.0. The van der Waals surface area contributed by atoms with E-state index in [1.54, 1.807) is 6.20 Å². The second-order valence-electron chi connectivity index (χ2n) is 4.53. The molecule has 0 bridgehead atoms. The highest BCUT2D eigenvalue weighted by Gasteiger charge is 2.24. The summed E-state index contributed by atoms with van der Waals surface area (Å²) in [6.45, 7) is 3.54. The standard InChI is InChI=1S/C12H18N4O/c1-8-2-5-15-12(10(8)13)16-6-3-9(4-7-16)11(14)17/h2,5,9H,3-4,6-7,13H2,1H3,(H2,14,17). The molecule has 1 saturated heterocycles. The number of nitrogens with zero attached hydrogens (tertiary/aromatic N) is 2. The fourth-order valence-corrected chi connectivity index (χ4v) is 2.18. The van der Waals surface area contributed by atoms with Crippen LogP contribution in [-0.2, 0) is 4.79 Å². The van der Waals surface area contributed by atoms with Crippen LogP contribution in [0.15, 0.2) is 12.3 Å². The van der Waals surface area contributed by atoms with Crippen molar-refractivity contribution in [3.05, 3.63) is 17.8 Å². The number of carbonyl (C=O) groups is 1. The first-order valence-corrected chi connectivity index (χ1v) is 5.85. The molecule has 0 aromatic carbocycles. The molecule has 2 rings (SSSR count). The van der Waals surface area contributed by atoms with Crippen LogP contribution in [-0.4, -0.2) is 24.0 Å². The van der Waals surface area contributed by atoms with Crippen LogP contribution in [0.4, 0.5) is 11.5 Å². The molecule has 1 amide bonds. The molecule has 1 aromatic rings. The number of nitrogens with two attached hydrogens (primary N) is 2. The van der Waals surface area contributed by atoms with E-state index in [9.17, 15) is 4.79 Å². The number of anilines is 2. The maximum absolute atomic E-state index is 11.1. The molecule has 1 aliphatic heterocycles. The molecule has 0 atom stereocenters. The first kappa shape index (κ1) is 11.7. The van der Waals surface area contributed by atoms with E-state index >= 15 is 0 Å². The van der Waals surface area contributed by atoms with Gasteiger partial charge in [-0.15, -0.1) is 0 Å². The molecular weight excluding hydrogens is 216 g/mol. The van der Waals surface area contributed by atoms with E-state index in [1.807, 2.05) is 13.0 Å². The summed E-state index contributed by atoms with van der Waals surface area (Å²) < 4.78 is 0. The van der Waals surface area contributed by atoms with Gasteiger partial charge in [-0.05, 0) is 31.4 Å². The summed E-state index contributed by atoms with van der Waals surface area (Å²) in [5.41, 5.74) is 13.1. The largest absolute Gasteiger partial charge is 0.396 e. The van der Waals surface area contributed by atoms with Crippen LogP contribution < -0.4 is 16.4 Å². The lowest BCUT2D eigenvalue weighted by Crippen LogP contribution is -2.39. The number of amides is 1. The summed E-state index contributed by atoms with van der Waals surface area (Å²) in [5, 5.41) is 0. The SMILES string of the molecule is Cc1ccnc(N2CCC(C(N)=O)CC2)c1N. The summed E-state index contributed by atoms with van der Waals surface area (Å²) in [4.78, 5) is 17.5. The summed E-state index contributed by atoms with van der Waals surface area (Å²) >= 11 is 0. The van der Waals surface area contributed by atoms with E-state index in [-0.39, 0.29) is 11.8 Å². The lowest BCUT2D eigenvalue weighted by molar-refractivity contribution is -0.122. The lowest BCUT2D eigenvalue weighted by atomic mass is 9.96. The van der Waals surface area contributed by atoms with E-state index in [0.717, 1.165) is 43.0 Å². The number of piperidine rings is 1. The van der Waals surface area contributed by atoms with Gasteiger partial charge in [0.2, 0.25) is 5.91 Å². The maximum atomic E-state index is 11.1. The minimum Gasteiger partial charge on any atom is -0.396 e. The van der Waals surface area contributed by atoms with Crippen LogP contribution in [0.2, 0.25) is 0 Å². The Balaban J connectivity index is 2.10. The van der Waals surface area contributed by atoms with Crippen molar-refractivity contribution in [2.45, 2.75) is 19.8 Å². The second-order valence-corrected chi connectivity index (χ2v) is 4.53. The first-order chi connectivity index (χ1) is 8.09. The number of hydrogen-bond donors (Lipinski definition) is 2. The molecule has 17 heavy (non-hydrogen) atoms. The summed E-state index contributed by atoms with van der Waals surface area (Å²) in [6.07, 6.45) is 3.33. The molecule has 1 aromatic heterocycles. The quantitative estimate of drug-likeness (QED) is 0.787. The maximum Gasteiger partial charge on any atom is 0.220 e. The van der Waals surface area contributed by atoms with Gasteiger partial charge in [-0.25, -0.2) is 4.98 Å². The number of hydrogen-bond acceptors (Lipinski definition) is 4. The summed E-state index contributed by atoms with van der Waals surface area (Å²) in [5.74, 6) is 0.625. The third kappa shape index (κ3) is 2.33. The molecule has 1 aliphatic rings. The Kier molecular flexibility index (Phi) is 3.17. The number of aryl methyl sites for hydroxylation is 1. The van der Waals surface area contributed by atoms with Crippen molar-refractivity contribution in [3.8, 4) is 0 Å². The van der Waals surface area contributed by atoms with Gasteiger partial charge in [0.05, 0.1) is 5.69 Å². The van der Waals surface area contributed by atoms with Gasteiger partial charge < -0.3 is 16.4 Å². The average molecular weight is 234 g/mol. The Labute approximate surface area is 101 Å². The van der Waals surface area contributed by atoms with Gasteiger partial charge in [0.1, 0.15) is 0 Å². The number of aromatic nitrogens is 1. The zero-order valence-electron chi connectivity index (χ0n) is 10.0. The van der Waals surface area contributed by atoms with Gasteiger partial charge >= 0.3 is 0 Å². The van der Waals surface area contributed by atoms with E-state index in [4.69, 9.17) is 11.5 Å². The average Bonchev–Trinajstić information content (AvgIpc) is 2.33. The van der Waals surface area contributed by atoms with Gasteiger partial charge in [0.15, 0.2) is 5.82 Å². The molecule has 1 fully saturated rings. The number of carbonyl (C=O) groups excluding carboxylic acids is 1. The van der Waals surface area contributed by atoms with Crippen LogP contribution in [0.1, 0.15) is 18.4 Å². The minimum atomic E-state index is -0.199. The van der Waals surface area contributed by atoms with Crippen molar-refractivity contribution in [3.63, 3.8) is 0 Å². The van der Waals surface area contributed by atoms with Gasteiger partial charge in [-0.3, -0.25) is 4.79 Å². The predicted molar refractivity (Wildman–Crippen MR) is 67.5 cm³/mol. The van der Waals surface area contributed by atoms with Gasteiger partial charge in [-0.2, -0.15) is 0 Å². The highest BCUT2D eigenvalue weighted by Crippen LogP contribution is 2.27. The molecular formula is C12H18N4O. The highest BCUT2D eigenvalue weighted by molar-refractivity contribution is 5.77. The second kappa shape index (κ2) is 4.61. The zero-order chi connectivity index (χ0) is 12.4. The minimum absolute atomic E-state index is 0.00252. The Hall–Kier alpha value is -1.78. The fraction of sp³-hybridized carbons (Fsp3) is 0.500. The Morgan fingerprint density at radius 3 is 2.71 bits per heavy atom. The molecule has 5 nitrogen and oxygen atoms in total. The number of primary amides is 1. The van der Waals surface area contributed by atoms with E-state index in [1.165, 1.54) is 0 Å². The van der Waals surface area contributed by atoms with E-state index < -0.39 is 0 Å². The molecule has 0 radical (unpaired) electrons. The van der Waals surface area contributed by atoms with Crippen molar-refractivity contribution in [1.29, 1.82) is 0 Å². The van der Waals surface area contributed by atoms with Gasteiger partial charge in [0, 0.05) is 25.2 Å². The summed E-state index contributed by atoms with van der Waals surface area (Å²) in [7, 11) is 0. The number of nitrogen functional groups attached to an aromatic ring is 1. The van der Waals surface area contributed by atoms with Gasteiger partial charge in [-0.1, -0.05) is 0 Å². The third-order valence-corrected chi connectivity index (χ3v) is 3.38. The fourth-order valence-electron chi connectivity index (χ4n) is 2.18. The molecule has 4 N–H and O–H groups in total. The summed E-state index contributed by atoms with van der Waals surface area (Å²) in [6, 6.07) is 1.90. The topological polar surface area (TPSA) is 85.2 Å². The molecule has 2 heterocycles. The number of rotatable bonds is 2. The van der Waals surface area contributed by atoms with Crippen LogP contribution >= 0.6 is 0 Å². The molecule has 0 unspecified atom stereocenters. The lowest BCUT2D eigenvalue weighted by Gasteiger charge is -2.32. The molecule has 0 spiro atoms. The smallest absolute Gasteiger partial charge is 0.220 e. The Morgan fingerprint density at radius 2 is 2.12 bits per heavy atom. The van der Waals surface area contributed by atoms with Crippen LogP contribution in [0.5, 0.6) is 0 Å². The third-order valence-electron chi connectivity index (χ3n) is 3.38. The van der Waals surface area contributed by atoms with E-state index in [0.29, 0.717) is 0 Å². The van der Waals surface area contributed by atoms with E-state index in [2.05, 4.69) is 9.88 Å². The Bertz CT molecular complexity index is 425. The van der Waals surface area contributed by atoms with Crippen LogP contribution in [0.25, 0.3) is 0 Å². The number of pyridine rings is 1. The first-order valence-electron chi connectivity index (χ1n) is 5.85. The molecule has 0 saturated carbocycles. The normalized spacial score (nSPS) is 17.1. The molecule has 5 heteroatoms. The van der Waals surface area contributed by atoms with Crippen LogP contribution in [0, 0.1) is 12.8 Å². The van der Waals surface area contributed by atoms with Crippen molar-refractivity contribution in [1.82, 2.24) is 4.98 Å². The molecule has 0 aliphatic carbocycles. The van der Waals surface area contributed by atoms with Crippen molar-refractivity contribution in [2.75, 3.05) is 23.7 Å². The predicted octanol–water partition coefficient (Wildman–Crippen LogP) is 0.674. The monoisotopic (exact) mass is 234 g/mol.